The van der Waals surface area contributed by atoms with Crippen LogP contribution in [0.15, 0.2) is 0 Å². The van der Waals surface area contributed by atoms with Crippen molar-refractivity contribution >= 4 is 0 Å². The van der Waals surface area contributed by atoms with E-state index in [-0.39, 0.29) is 0 Å². The van der Waals surface area contributed by atoms with E-state index >= 15 is 0 Å². The molecule has 52 valence electrons. The van der Waals surface area contributed by atoms with Gasteiger partial charge in [0.15, 0.2) is 0 Å². The minimum Gasteiger partial charge on any atom is -0.0656 e. The zero-order valence-corrected chi connectivity index (χ0v) is 6.83. The van der Waals surface area contributed by atoms with Crippen molar-refractivity contribution in [3.05, 3.63) is 0 Å². The summed E-state index contributed by atoms with van der Waals surface area (Å²) in [6.07, 6.45) is 5.33. The first kappa shape index (κ1) is 10.9. The summed E-state index contributed by atoms with van der Waals surface area (Å²) in [5, 5.41) is 0. The van der Waals surface area contributed by atoms with Gasteiger partial charge in [-0.2, -0.15) is 0 Å². The Kier molecular flexibility index (Phi) is 21.4. The van der Waals surface area contributed by atoms with Crippen LogP contribution in [0.2, 0.25) is 0 Å². The van der Waals surface area contributed by atoms with Crippen LogP contribution in [0, 0.1) is 0 Å². The Labute approximate surface area is 54.3 Å². The third-order valence-electron chi connectivity index (χ3n) is 0.707. The quantitative estimate of drug-likeness (QED) is 0.517. The summed E-state index contributed by atoms with van der Waals surface area (Å²) in [4.78, 5) is 0. The van der Waals surface area contributed by atoms with E-state index < -0.39 is 0 Å². The Morgan fingerprint density at radius 2 is 1.00 bits per heavy atom. The van der Waals surface area contributed by atoms with Gasteiger partial charge in [-0.3, -0.25) is 0 Å². The van der Waals surface area contributed by atoms with E-state index in [0.29, 0.717) is 0 Å². The van der Waals surface area contributed by atoms with Gasteiger partial charge in [-0.25, -0.2) is 0 Å². The lowest BCUT2D eigenvalue weighted by Crippen LogP contribution is -1.59. The molecule has 0 aromatic heterocycles. The maximum absolute atomic E-state index is 2.21. The van der Waals surface area contributed by atoms with Gasteiger partial charge >= 0.3 is 0 Å². The Morgan fingerprint density at radius 1 is 0.750 bits per heavy atom. The number of unbranched alkanes of at least 4 members (excludes halogenated alkanes) is 2. The zero-order valence-electron chi connectivity index (χ0n) is 6.83. The summed E-state index contributed by atoms with van der Waals surface area (Å²) in [6, 6.07) is 0. The summed E-state index contributed by atoms with van der Waals surface area (Å²) in [7, 11) is 0. The number of hydrogen-bond acceptors (Lipinski definition) is 0. The van der Waals surface area contributed by atoms with Crippen molar-refractivity contribution in [2.24, 2.45) is 0 Å². The van der Waals surface area contributed by atoms with Crippen molar-refractivity contribution in [3.63, 3.8) is 0 Å². The van der Waals surface area contributed by atoms with Crippen molar-refractivity contribution in [2.45, 2.75) is 53.4 Å². The largest absolute Gasteiger partial charge is 0.0656 e. The van der Waals surface area contributed by atoms with E-state index in [9.17, 15) is 0 Å². The molecule has 0 saturated heterocycles. The summed E-state index contributed by atoms with van der Waals surface area (Å²) >= 11 is 0. The molecule has 0 spiro atoms. The van der Waals surface area contributed by atoms with Crippen molar-refractivity contribution in [2.75, 3.05) is 0 Å². The predicted octanol–water partition coefficient (Wildman–Crippen LogP) is 3.61. The Morgan fingerprint density at radius 3 is 1.00 bits per heavy atom. The average molecular weight is 116 g/mol. The molecule has 0 N–H and O–H groups in total. The van der Waals surface area contributed by atoms with Crippen LogP contribution in [-0.2, 0) is 0 Å². The first-order chi connectivity index (χ1) is 3.83. The molecule has 0 heteroatoms. The molecule has 0 aromatic rings. The fourth-order valence-corrected chi connectivity index (χ4v) is 0.354. The van der Waals surface area contributed by atoms with Crippen LogP contribution >= 0.6 is 0 Å². The molecule has 0 aliphatic rings. The first-order valence-electron chi connectivity index (χ1n) is 3.83. The molecule has 0 bridgehead atoms. The van der Waals surface area contributed by atoms with E-state index in [2.05, 4.69) is 27.7 Å². The lowest BCUT2D eigenvalue weighted by molar-refractivity contribution is 0.772. The highest BCUT2D eigenvalue weighted by molar-refractivity contribution is 4.24. The van der Waals surface area contributed by atoms with Gasteiger partial charge in [-0.15, -0.1) is 0 Å². The molecule has 0 saturated carbocycles. The van der Waals surface area contributed by atoms with Crippen LogP contribution in [0.1, 0.15) is 53.4 Å². The summed E-state index contributed by atoms with van der Waals surface area (Å²) in [5.74, 6) is 0. The molecule has 0 aliphatic heterocycles. The van der Waals surface area contributed by atoms with E-state index in [4.69, 9.17) is 0 Å². The summed E-state index contributed by atoms with van der Waals surface area (Å²) in [6.45, 7) is 8.67. The Bertz CT molecular complexity index is 14.0. The van der Waals surface area contributed by atoms with Crippen molar-refractivity contribution < 1.29 is 0 Å². The molecule has 0 unspecified atom stereocenters. The third kappa shape index (κ3) is 37.5. The standard InChI is InChI=1S/C5H12.C3H8/c1-3-5-4-2;1-3-2/h3-5H2,1-2H3;3H2,1-2H3. The van der Waals surface area contributed by atoms with Gasteiger partial charge in [-0.05, 0) is 0 Å². The van der Waals surface area contributed by atoms with E-state index in [1.165, 1.54) is 25.7 Å². The fourth-order valence-electron chi connectivity index (χ4n) is 0.354. The molecule has 0 atom stereocenters. The van der Waals surface area contributed by atoms with Crippen LogP contribution < -0.4 is 0 Å². The fraction of sp³-hybridized carbons (Fsp3) is 1.00. The molecular formula is C8H20. The molecule has 8 heavy (non-hydrogen) atoms. The second-order valence-electron chi connectivity index (χ2n) is 2.06. The molecule has 0 aromatic carbocycles. The van der Waals surface area contributed by atoms with Gasteiger partial charge in [0.1, 0.15) is 0 Å². The molecule has 0 rings (SSSR count). The van der Waals surface area contributed by atoms with Gasteiger partial charge in [0, 0.05) is 0 Å². The molecule has 0 fully saturated rings. The van der Waals surface area contributed by atoms with Crippen molar-refractivity contribution in [1.29, 1.82) is 0 Å². The highest BCUT2D eigenvalue weighted by Crippen LogP contribution is 1.88. The molecule has 0 amide bonds. The van der Waals surface area contributed by atoms with Crippen LogP contribution in [0.25, 0.3) is 0 Å². The SMILES string of the molecule is CCC.CCCCC. The molecule has 0 heterocycles. The molecule has 0 nitrogen and oxygen atoms in total. The molecular weight excluding hydrogens is 96.1 g/mol. The number of rotatable bonds is 2. The predicted molar refractivity (Wildman–Crippen MR) is 41.2 cm³/mol. The molecule has 0 aliphatic carbocycles. The van der Waals surface area contributed by atoms with Gasteiger partial charge in [-0.1, -0.05) is 53.4 Å². The lowest BCUT2D eigenvalue weighted by Gasteiger charge is -1.79. The van der Waals surface area contributed by atoms with Crippen LogP contribution in [0.3, 0.4) is 0 Å². The number of hydrogen-bond donors (Lipinski definition) is 0. The maximum Gasteiger partial charge on any atom is -0.0538 e. The zero-order chi connectivity index (χ0) is 6.83. The first-order valence-corrected chi connectivity index (χ1v) is 3.83. The maximum atomic E-state index is 2.21. The summed E-state index contributed by atoms with van der Waals surface area (Å²) in [5.41, 5.74) is 0. The van der Waals surface area contributed by atoms with Gasteiger partial charge in [0.05, 0.1) is 0 Å². The van der Waals surface area contributed by atoms with Gasteiger partial charge in [0.25, 0.3) is 0 Å². The summed E-state index contributed by atoms with van der Waals surface area (Å²) < 4.78 is 0. The highest BCUT2D eigenvalue weighted by Gasteiger charge is 1.68. The monoisotopic (exact) mass is 116 g/mol. The molecule has 0 radical (unpaired) electrons. The van der Waals surface area contributed by atoms with Gasteiger partial charge in [0.2, 0.25) is 0 Å². The Balaban J connectivity index is 0. The van der Waals surface area contributed by atoms with Crippen LogP contribution in [-0.4, -0.2) is 0 Å². The van der Waals surface area contributed by atoms with Gasteiger partial charge < -0.3 is 0 Å². The minimum atomic E-state index is 1.25. The third-order valence-corrected chi connectivity index (χ3v) is 0.707. The topological polar surface area (TPSA) is 0 Å². The second kappa shape index (κ2) is 15.8. The van der Waals surface area contributed by atoms with E-state index in [1.54, 1.807) is 0 Å². The lowest BCUT2D eigenvalue weighted by atomic mass is 10.3. The van der Waals surface area contributed by atoms with Crippen molar-refractivity contribution in [3.8, 4) is 0 Å². The van der Waals surface area contributed by atoms with Crippen LogP contribution in [0.4, 0.5) is 0 Å². The van der Waals surface area contributed by atoms with E-state index in [1.807, 2.05) is 0 Å². The normalized spacial score (nSPS) is 7.50. The van der Waals surface area contributed by atoms with E-state index in [0.717, 1.165) is 0 Å². The smallest absolute Gasteiger partial charge is 0.0538 e. The average Bonchev–Trinajstić information content (AvgIpc) is 1.71. The highest BCUT2D eigenvalue weighted by atomic mass is 13.7. The minimum absolute atomic E-state index is 1.25. The van der Waals surface area contributed by atoms with Crippen molar-refractivity contribution in [1.82, 2.24) is 0 Å². The Hall–Kier alpha value is 0. The second-order valence-corrected chi connectivity index (χ2v) is 2.06. The van der Waals surface area contributed by atoms with Crippen LogP contribution in [0.5, 0.6) is 0 Å².